The summed E-state index contributed by atoms with van der Waals surface area (Å²) < 4.78 is 0. The number of halogens is 1. The Hall–Kier alpha value is -1.98. The number of hydrogen-bond acceptors (Lipinski definition) is 4. The molecule has 1 atom stereocenters. The highest BCUT2D eigenvalue weighted by atomic mass is 35.5. The lowest BCUT2D eigenvalue weighted by Crippen LogP contribution is -2.40. The van der Waals surface area contributed by atoms with Gasteiger partial charge in [-0.2, -0.15) is 0 Å². The molecule has 6 heteroatoms. The van der Waals surface area contributed by atoms with Crippen LogP contribution in [0.2, 0.25) is 5.02 Å². The Morgan fingerprint density at radius 3 is 3.04 bits per heavy atom. The van der Waals surface area contributed by atoms with Gasteiger partial charge in [0.15, 0.2) is 0 Å². The van der Waals surface area contributed by atoms with Gasteiger partial charge in [0.05, 0.1) is 24.1 Å². The number of amides is 1. The van der Waals surface area contributed by atoms with Crippen molar-refractivity contribution in [1.82, 2.24) is 14.9 Å². The minimum Gasteiger partial charge on any atom is -0.369 e. The van der Waals surface area contributed by atoms with Crippen LogP contribution in [0, 0.1) is 0 Å². The van der Waals surface area contributed by atoms with Crippen molar-refractivity contribution in [3.05, 3.63) is 47.4 Å². The SMILES string of the molecule is NC(=O)CN1CCC[C@H](c2cncc(-c3cccc(Cl)c3)n2)C1. The molecule has 5 nitrogen and oxygen atoms in total. The lowest BCUT2D eigenvalue weighted by Gasteiger charge is -2.31. The van der Waals surface area contributed by atoms with Crippen molar-refractivity contribution in [3.8, 4) is 11.3 Å². The molecule has 2 aromatic rings. The van der Waals surface area contributed by atoms with E-state index in [0.717, 1.165) is 42.9 Å². The van der Waals surface area contributed by atoms with Gasteiger partial charge in [-0.1, -0.05) is 23.7 Å². The van der Waals surface area contributed by atoms with Crippen LogP contribution < -0.4 is 5.73 Å². The highest BCUT2D eigenvalue weighted by Gasteiger charge is 2.23. The molecule has 0 bridgehead atoms. The molecule has 1 aromatic heterocycles. The topological polar surface area (TPSA) is 72.1 Å². The maximum absolute atomic E-state index is 11.1. The van der Waals surface area contributed by atoms with Gasteiger partial charge in [0.2, 0.25) is 5.91 Å². The van der Waals surface area contributed by atoms with Gasteiger partial charge in [-0.15, -0.1) is 0 Å². The first-order valence-corrected chi connectivity index (χ1v) is 8.08. The second kappa shape index (κ2) is 7.06. The number of carbonyl (C=O) groups is 1. The molecule has 0 aliphatic carbocycles. The summed E-state index contributed by atoms with van der Waals surface area (Å²) in [6.07, 6.45) is 5.63. The fourth-order valence-electron chi connectivity index (χ4n) is 3.03. The molecule has 1 aliphatic rings. The molecule has 1 saturated heterocycles. The second-order valence-electron chi connectivity index (χ2n) is 5.88. The molecule has 23 heavy (non-hydrogen) atoms. The first-order chi connectivity index (χ1) is 11.1. The Balaban J connectivity index is 1.80. The fourth-order valence-corrected chi connectivity index (χ4v) is 3.22. The molecule has 120 valence electrons. The standard InChI is InChI=1S/C17H19ClN4O/c18-14-5-1-3-12(7-14)15-8-20-9-16(21-15)13-4-2-6-22(10-13)11-17(19)23/h1,3,5,7-9,13H,2,4,6,10-11H2,(H2,19,23)/t13-/m0/s1. The number of nitrogens with two attached hydrogens (primary N) is 1. The van der Waals surface area contributed by atoms with Crippen molar-refractivity contribution in [2.75, 3.05) is 19.6 Å². The lowest BCUT2D eigenvalue weighted by atomic mass is 9.95. The summed E-state index contributed by atoms with van der Waals surface area (Å²) in [5.41, 5.74) is 8.03. The van der Waals surface area contributed by atoms with Gasteiger partial charge in [-0.25, -0.2) is 4.98 Å². The maximum Gasteiger partial charge on any atom is 0.231 e. The molecule has 1 aromatic carbocycles. The van der Waals surface area contributed by atoms with E-state index in [2.05, 4.69) is 9.88 Å². The highest BCUT2D eigenvalue weighted by molar-refractivity contribution is 6.30. The van der Waals surface area contributed by atoms with Gasteiger partial charge in [0.1, 0.15) is 0 Å². The van der Waals surface area contributed by atoms with Gasteiger partial charge >= 0.3 is 0 Å². The Bertz CT molecular complexity index is 706. The van der Waals surface area contributed by atoms with E-state index < -0.39 is 0 Å². The monoisotopic (exact) mass is 330 g/mol. The van der Waals surface area contributed by atoms with E-state index in [9.17, 15) is 4.79 Å². The number of nitrogens with zero attached hydrogens (tertiary/aromatic N) is 3. The van der Waals surface area contributed by atoms with Crippen molar-refractivity contribution in [1.29, 1.82) is 0 Å². The average Bonchev–Trinajstić information content (AvgIpc) is 2.55. The van der Waals surface area contributed by atoms with Crippen molar-refractivity contribution in [3.63, 3.8) is 0 Å². The molecule has 0 radical (unpaired) electrons. The molecule has 1 fully saturated rings. The molecule has 0 unspecified atom stereocenters. The zero-order valence-electron chi connectivity index (χ0n) is 12.8. The molecule has 0 spiro atoms. The third-order valence-electron chi connectivity index (χ3n) is 4.08. The van der Waals surface area contributed by atoms with Crippen LogP contribution in [0.15, 0.2) is 36.7 Å². The van der Waals surface area contributed by atoms with Gasteiger partial charge in [0, 0.05) is 29.2 Å². The number of likely N-dealkylation sites (tertiary alicyclic amines) is 1. The molecule has 2 N–H and O–H groups in total. The van der Waals surface area contributed by atoms with Gasteiger partial charge < -0.3 is 5.73 Å². The van der Waals surface area contributed by atoms with E-state index >= 15 is 0 Å². The van der Waals surface area contributed by atoms with Crippen molar-refractivity contribution >= 4 is 17.5 Å². The zero-order chi connectivity index (χ0) is 16.2. The smallest absolute Gasteiger partial charge is 0.231 e. The first kappa shape index (κ1) is 15.9. The summed E-state index contributed by atoms with van der Waals surface area (Å²) in [6, 6.07) is 7.60. The third kappa shape index (κ3) is 4.06. The minimum absolute atomic E-state index is 0.273. The minimum atomic E-state index is -0.288. The van der Waals surface area contributed by atoms with Gasteiger partial charge in [-0.05, 0) is 31.5 Å². The van der Waals surface area contributed by atoms with Gasteiger partial charge in [0.25, 0.3) is 0 Å². The Morgan fingerprint density at radius 2 is 2.26 bits per heavy atom. The van der Waals surface area contributed by atoms with E-state index in [1.54, 1.807) is 6.20 Å². The number of piperidine rings is 1. The van der Waals surface area contributed by atoms with Crippen LogP contribution in [0.25, 0.3) is 11.3 Å². The van der Waals surface area contributed by atoms with Crippen LogP contribution in [0.3, 0.4) is 0 Å². The molecule has 0 saturated carbocycles. The number of aromatic nitrogens is 2. The normalized spacial score (nSPS) is 18.7. The zero-order valence-corrected chi connectivity index (χ0v) is 13.5. The fraction of sp³-hybridized carbons (Fsp3) is 0.353. The van der Waals surface area contributed by atoms with Crippen molar-refractivity contribution in [2.24, 2.45) is 5.73 Å². The van der Waals surface area contributed by atoms with Crippen molar-refractivity contribution in [2.45, 2.75) is 18.8 Å². The van der Waals surface area contributed by atoms with Crippen molar-refractivity contribution < 1.29 is 4.79 Å². The number of hydrogen-bond donors (Lipinski definition) is 1. The Labute approximate surface area is 140 Å². The van der Waals surface area contributed by atoms with E-state index in [4.69, 9.17) is 22.3 Å². The van der Waals surface area contributed by atoms with Crippen LogP contribution in [0.5, 0.6) is 0 Å². The van der Waals surface area contributed by atoms with E-state index in [1.807, 2.05) is 30.5 Å². The third-order valence-corrected chi connectivity index (χ3v) is 4.31. The summed E-state index contributed by atoms with van der Waals surface area (Å²) in [6.45, 7) is 2.00. The lowest BCUT2D eigenvalue weighted by molar-refractivity contribution is -0.119. The summed E-state index contributed by atoms with van der Waals surface area (Å²) >= 11 is 6.05. The van der Waals surface area contributed by atoms with Crippen LogP contribution in [0.4, 0.5) is 0 Å². The first-order valence-electron chi connectivity index (χ1n) is 7.70. The number of benzene rings is 1. The summed E-state index contributed by atoms with van der Waals surface area (Å²) in [5, 5.41) is 0.681. The van der Waals surface area contributed by atoms with Gasteiger partial charge in [-0.3, -0.25) is 14.7 Å². The second-order valence-corrected chi connectivity index (χ2v) is 6.32. The molecule has 3 rings (SSSR count). The Kier molecular flexibility index (Phi) is 4.88. The maximum atomic E-state index is 11.1. The van der Waals surface area contributed by atoms with Crippen LogP contribution in [0.1, 0.15) is 24.5 Å². The predicted molar refractivity (Wildman–Crippen MR) is 90.1 cm³/mol. The summed E-state index contributed by atoms with van der Waals surface area (Å²) in [4.78, 5) is 22.3. The number of primary amides is 1. The molecule has 2 heterocycles. The van der Waals surface area contributed by atoms with E-state index in [-0.39, 0.29) is 11.8 Å². The van der Waals surface area contributed by atoms with Crippen LogP contribution in [-0.4, -0.2) is 40.4 Å². The summed E-state index contributed by atoms with van der Waals surface area (Å²) in [7, 11) is 0. The average molecular weight is 331 g/mol. The Morgan fingerprint density at radius 1 is 1.39 bits per heavy atom. The highest BCUT2D eigenvalue weighted by Crippen LogP contribution is 2.27. The van der Waals surface area contributed by atoms with E-state index in [1.165, 1.54) is 0 Å². The molecule has 1 amide bonds. The van der Waals surface area contributed by atoms with Crippen LogP contribution >= 0.6 is 11.6 Å². The predicted octanol–water partition coefficient (Wildman–Crippen LogP) is 2.46. The number of rotatable bonds is 4. The largest absolute Gasteiger partial charge is 0.369 e. The van der Waals surface area contributed by atoms with Crippen LogP contribution in [-0.2, 0) is 4.79 Å². The molecule has 1 aliphatic heterocycles. The quantitative estimate of drug-likeness (QED) is 0.934. The number of carbonyl (C=O) groups excluding carboxylic acids is 1. The summed E-state index contributed by atoms with van der Waals surface area (Å²) in [5.74, 6) is -0.0147. The molecular weight excluding hydrogens is 312 g/mol. The molecular formula is C17H19ClN4O. The van der Waals surface area contributed by atoms with E-state index in [0.29, 0.717) is 11.6 Å².